The maximum absolute atomic E-state index is 13.3. The topological polar surface area (TPSA) is 81.8 Å². The number of anilines is 2. The summed E-state index contributed by atoms with van der Waals surface area (Å²) in [5, 5.41) is 3.88. The van der Waals surface area contributed by atoms with E-state index in [1.807, 2.05) is 18.2 Å². The van der Waals surface area contributed by atoms with Gasteiger partial charge < -0.3 is 5.32 Å². The van der Waals surface area contributed by atoms with Crippen LogP contribution in [0.5, 0.6) is 0 Å². The summed E-state index contributed by atoms with van der Waals surface area (Å²) in [5.41, 5.74) is 4.70. The SMILES string of the molecule is CC(C)(c1cccc(CN2CCN(C(C)(C)C)CC2)c1)c1cc(Br)cc(NC(=O)c2cc3cc(NS(C)(=O)=O)ccc3s2)c1. The molecule has 4 aromatic rings. The molecule has 0 radical (unpaired) electrons. The molecule has 0 spiro atoms. The highest BCUT2D eigenvalue weighted by atomic mass is 79.9. The number of halogens is 1. The molecule has 7 nitrogen and oxygen atoms in total. The monoisotopic (exact) mass is 696 g/mol. The summed E-state index contributed by atoms with van der Waals surface area (Å²) in [6, 6.07) is 22.0. The van der Waals surface area contributed by atoms with Crippen LogP contribution in [0.1, 0.15) is 61.0 Å². The van der Waals surface area contributed by atoms with E-state index in [-0.39, 0.29) is 16.9 Å². The van der Waals surface area contributed by atoms with Gasteiger partial charge in [-0.15, -0.1) is 11.3 Å². The smallest absolute Gasteiger partial charge is 0.265 e. The van der Waals surface area contributed by atoms with E-state index < -0.39 is 10.0 Å². The average Bonchev–Trinajstić information content (AvgIpc) is 3.35. The van der Waals surface area contributed by atoms with Crippen molar-refractivity contribution in [2.24, 2.45) is 0 Å². The molecule has 2 N–H and O–H groups in total. The number of hydrogen-bond acceptors (Lipinski definition) is 6. The van der Waals surface area contributed by atoms with Crippen molar-refractivity contribution in [2.45, 2.75) is 52.1 Å². The molecule has 1 aliphatic rings. The van der Waals surface area contributed by atoms with E-state index in [2.05, 4.69) is 101 Å². The van der Waals surface area contributed by atoms with Gasteiger partial charge in [0.25, 0.3) is 5.91 Å². The van der Waals surface area contributed by atoms with Crippen molar-refractivity contribution in [3.8, 4) is 0 Å². The minimum Gasteiger partial charge on any atom is -0.321 e. The Balaban J connectivity index is 1.31. The summed E-state index contributed by atoms with van der Waals surface area (Å²) in [5.74, 6) is -0.209. The molecular formula is C34H41BrN4O3S2. The Morgan fingerprint density at radius 3 is 2.30 bits per heavy atom. The number of piperazine rings is 1. The lowest BCUT2D eigenvalue weighted by Crippen LogP contribution is -2.53. The van der Waals surface area contributed by atoms with Crippen molar-refractivity contribution < 1.29 is 13.2 Å². The number of fused-ring (bicyclic) bond motifs is 1. The first-order chi connectivity index (χ1) is 20.6. The second-order valence-electron chi connectivity index (χ2n) is 13.2. The van der Waals surface area contributed by atoms with Crippen LogP contribution in [0, 0.1) is 0 Å². The highest BCUT2D eigenvalue weighted by Crippen LogP contribution is 2.36. The zero-order chi connectivity index (χ0) is 31.9. The Hall–Kier alpha value is -2.76. The minimum absolute atomic E-state index is 0.208. The molecule has 0 saturated carbocycles. The molecule has 0 unspecified atom stereocenters. The first kappa shape index (κ1) is 32.6. The molecule has 2 heterocycles. The molecule has 0 aliphatic carbocycles. The number of rotatable bonds is 8. The maximum atomic E-state index is 13.3. The summed E-state index contributed by atoms with van der Waals surface area (Å²) in [6.07, 6.45) is 1.12. The van der Waals surface area contributed by atoms with Crippen LogP contribution >= 0.6 is 27.3 Å². The Kier molecular flexibility index (Phi) is 9.31. The second kappa shape index (κ2) is 12.6. The standard InChI is InChI=1S/C34H41BrN4O3S2/c1-33(2,3)39-14-12-38(13-15-39)22-23-8-7-9-25(16-23)34(4,5)26-19-27(35)21-29(20-26)36-32(40)31-18-24-17-28(37-44(6,41)42)10-11-30(24)43-31/h7-11,16-21,37H,12-15,22H2,1-6H3,(H,36,40). The fraction of sp³-hybridized carbons (Fsp3) is 0.382. The van der Waals surface area contributed by atoms with Gasteiger partial charge >= 0.3 is 0 Å². The predicted molar refractivity (Wildman–Crippen MR) is 188 cm³/mol. The van der Waals surface area contributed by atoms with Gasteiger partial charge in [-0.2, -0.15) is 0 Å². The molecule has 10 heteroatoms. The number of nitrogens with zero attached hydrogens (tertiary/aromatic N) is 2. The second-order valence-corrected chi connectivity index (χ2v) is 16.9. The third-order valence-electron chi connectivity index (χ3n) is 8.30. The highest BCUT2D eigenvalue weighted by molar-refractivity contribution is 9.10. The summed E-state index contributed by atoms with van der Waals surface area (Å²) in [6.45, 7) is 16.5. The van der Waals surface area contributed by atoms with Crippen LogP contribution in [-0.4, -0.2) is 62.1 Å². The Morgan fingerprint density at radius 1 is 0.886 bits per heavy atom. The molecule has 44 heavy (non-hydrogen) atoms. The summed E-state index contributed by atoms with van der Waals surface area (Å²) < 4.78 is 27.5. The quantitative estimate of drug-likeness (QED) is 0.199. The van der Waals surface area contributed by atoms with Crippen LogP contribution in [0.15, 0.2) is 71.2 Å². The molecule has 1 fully saturated rings. The normalized spacial score (nSPS) is 15.4. The Bertz CT molecular complexity index is 1790. The van der Waals surface area contributed by atoms with Crippen molar-refractivity contribution in [1.82, 2.24) is 9.80 Å². The third kappa shape index (κ3) is 7.90. The van der Waals surface area contributed by atoms with Gasteiger partial charge in [0.1, 0.15) is 0 Å². The van der Waals surface area contributed by atoms with E-state index in [1.54, 1.807) is 18.2 Å². The molecule has 0 bridgehead atoms. The van der Waals surface area contributed by atoms with Crippen molar-refractivity contribution in [1.29, 1.82) is 0 Å². The number of carbonyl (C=O) groups excluding carboxylic acids is 1. The van der Waals surface area contributed by atoms with Gasteiger partial charge in [-0.25, -0.2) is 8.42 Å². The molecule has 1 aliphatic heterocycles. The lowest BCUT2D eigenvalue weighted by atomic mass is 9.77. The van der Waals surface area contributed by atoms with Gasteiger partial charge in [0, 0.05) is 64.2 Å². The molecule has 1 amide bonds. The molecular weight excluding hydrogens is 656 g/mol. The van der Waals surface area contributed by atoms with E-state index in [9.17, 15) is 13.2 Å². The van der Waals surface area contributed by atoms with Crippen molar-refractivity contribution in [3.05, 3.63) is 92.8 Å². The molecule has 0 atom stereocenters. The van der Waals surface area contributed by atoms with Crippen LogP contribution < -0.4 is 10.0 Å². The number of hydrogen-bond donors (Lipinski definition) is 2. The lowest BCUT2D eigenvalue weighted by molar-refractivity contribution is 0.0591. The van der Waals surface area contributed by atoms with E-state index in [1.165, 1.54) is 22.5 Å². The van der Waals surface area contributed by atoms with Crippen molar-refractivity contribution in [3.63, 3.8) is 0 Å². The molecule has 1 saturated heterocycles. The Morgan fingerprint density at radius 2 is 1.61 bits per heavy atom. The zero-order valence-corrected chi connectivity index (χ0v) is 29.4. The minimum atomic E-state index is -3.39. The van der Waals surface area contributed by atoms with Gasteiger partial charge in [0.05, 0.1) is 11.1 Å². The number of sulfonamides is 1. The van der Waals surface area contributed by atoms with Crippen LogP contribution in [0.3, 0.4) is 0 Å². The Labute approximate surface area is 273 Å². The van der Waals surface area contributed by atoms with Crippen molar-refractivity contribution >= 4 is 64.7 Å². The fourth-order valence-corrected chi connectivity index (χ4v) is 7.69. The van der Waals surface area contributed by atoms with Crippen LogP contribution in [0.25, 0.3) is 10.1 Å². The molecule has 5 rings (SSSR count). The molecule has 234 valence electrons. The third-order valence-corrected chi connectivity index (χ3v) is 10.5. The van der Waals surface area contributed by atoms with E-state index in [0.29, 0.717) is 16.3 Å². The van der Waals surface area contributed by atoms with Crippen LogP contribution in [-0.2, 0) is 22.0 Å². The lowest BCUT2D eigenvalue weighted by Gasteiger charge is -2.42. The number of amides is 1. The van der Waals surface area contributed by atoms with E-state index in [4.69, 9.17) is 0 Å². The van der Waals surface area contributed by atoms with Gasteiger partial charge in [-0.1, -0.05) is 54.0 Å². The largest absolute Gasteiger partial charge is 0.321 e. The van der Waals surface area contributed by atoms with Gasteiger partial charge in [-0.05, 0) is 85.3 Å². The maximum Gasteiger partial charge on any atom is 0.265 e. The zero-order valence-electron chi connectivity index (χ0n) is 26.2. The molecule has 1 aromatic heterocycles. The highest BCUT2D eigenvalue weighted by Gasteiger charge is 2.27. The summed E-state index contributed by atoms with van der Waals surface area (Å²) in [7, 11) is -3.39. The van der Waals surface area contributed by atoms with E-state index >= 15 is 0 Å². The number of benzene rings is 3. The summed E-state index contributed by atoms with van der Waals surface area (Å²) >= 11 is 5.04. The number of nitrogens with one attached hydrogen (secondary N) is 2. The first-order valence-electron chi connectivity index (χ1n) is 14.8. The van der Waals surface area contributed by atoms with Gasteiger partial charge in [-0.3, -0.25) is 19.3 Å². The predicted octanol–water partition coefficient (Wildman–Crippen LogP) is 7.53. The number of thiophene rings is 1. The average molecular weight is 698 g/mol. The van der Waals surface area contributed by atoms with Crippen molar-refractivity contribution in [2.75, 3.05) is 42.5 Å². The fourth-order valence-electron chi connectivity index (χ4n) is 5.71. The van der Waals surface area contributed by atoms with E-state index in [0.717, 1.165) is 59.1 Å². The first-order valence-corrected chi connectivity index (χ1v) is 18.3. The number of carbonyl (C=O) groups is 1. The van der Waals surface area contributed by atoms with Gasteiger partial charge in [0.15, 0.2) is 0 Å². The molecule has 3 aromatic carbocycles. The summed E-state index contributed by atoms with van der Waals surface area (Å²) in [4.78, 5) is 19.0. The van der Waals surface area contributed by atoms with Crippen LogP contribution in [0.2, 0.25) is 0 Å². The van der Waals surface area contributed by atoms with Crippen LogP contribution in [0.4, 0.5) is 11.4 Å². The van der Waals surface area contributed by atoms with Gasteiger partial charge in [0.2, 0.25) is 10.0 Å².